The first kappa shape index (κ1) is 13.3. The molecule has 0 aromatic heterocycles. The van der Waals surface area contributed by atoms with Gasteiger partial charge in [0, 0.05) is 6.61 Å². The first-order valence-corrected chi connectivity index (χ1v) is 5.67. The lowest BCUT2D eigenvalue weighted by atomic mass is 10.1. The Hall–Kier alpha value is -0.770. The molecule has 0 spiro atoms. The molecule has 0 heterocycles. The lowest BCUT2D eigenvalue weighted by molar-refractivity contribution is 0.119. The average Bonchev–Trinajstić information content (AvgIpc) is 2.28. The van der Waals surface area contributed by atoms with Gasteiger partial charge in [-0.3, -0.25) is 0 Å². The second-order valence-electron chi connectivity index (χ2n) is 3.61. The summed E-state index contributed by atoms with van der Waals surface area (Å²) in [5.41, 5.74) is 7.59. The largest absolute Gasteiger partial charge is 0.495 e. The lowest BCUT2D eigenvalue weighted by Gasteiger charge is -2.10. The molecule has 0 aliphatic carbocycles. The van der Waals surface area contributed by atoms with Gasteiger partial charge >= 0.3 is 0 Å². The molecule has 1 aromatic carbocycles. The molecule has 0 amide bonds. The van der Waals surface area contributed by atoms with Crippen molar-refractivity contribution in [3.63, 3.8) is 0 Å². The smallest absolute Gasteiger partial charge is 0.137 e. The van der Waals surface area contributed by atoms with Gasteiger partial charge in [0.1, 0.15) is 5.75 Å². The zero-order valence-corrected chi connectivity index (χ0v) is 10.5. The fourth-order valence-corrected chi connectivity index (χ4v) is 1.64. The maximum absolute atomic E-state index is 6.04. The van der Waals surface area contributed by atoms with Crippen molar-refractivity contribution in [2.24, 2.45) is 5.73 Å². The summed E-state index contributed by atoms with van der Waals surface area (Å²) in [6, 6.07) is 3.81. The number of rotatable bonds is 6. The number of hydrogen-bond acceptors (Lipinski definition) is 3. The highest BCUT2D eigenvalue weighted by molar-refractivity contribution is 6.32. The fraction of sp³-hybridized carbons (Fsp3) is 0.500. The van der Waals surface area contributed by atoms with E-state index in [4.69, 9.17) is 26.8 Å². The van der Waals surface area contributed by atoms with Crippen LogP contribution >= 0.6 is 11.6 Å². The van der Waals surface area contributed by atoms with E-state index in [0.29, 0.717) is 30.5 Å². The number of halogens is 1. The third kappa shape index (κ3) is 3.67. The van der Waals surface area contributed by atoms with Gasteiger partial charge in [-0.15, -0.1) is 0 Å². The zero-order chi connectivity index (χ0) is 12.0. The topological polar surface area (TPSA) is 44.5 Å². The summed E-state index contributed by atoms with van der Waals surface area (Å²) < 4.78 is 10.6. The van der Waals surface area contributed by atoms with E-state index in [1.807, 2.05) is 19.1 Å². The summed E-state index contributed by atoms with van der Waals surface area (Å²) >= 11 is 6.04. The summed E-state index contributed by atoms with van der Waals surface area (Å²) in [4.78, 5) is 0. The SMILES string of the molecule is COc1cc(C)c(COCCCN)cc1Cl. The Morgan fingerprint density at radius 2 is 2.12 bits per heavy atom. The number of hydrogen-bond donors (Lipinski definition) is 1. The van der Waals surface area contributed by atoms with Crippen LogP contribution in [0.5, 0.6) is 5.75 Å². The predicted octanol–water partition coefficient (Wildman–Crippen LogP) is 2.52. The van der Waals surface area contributed by atoms with E-state index >= 15 is 0 Å². The average molecular weight is 244 g/mol. The van der Waals surface area contributed by atoms with Gasteiger partial charge < -0.3 is 15.2 Å². The standard InChI is InChI=1S/C12H18ClNO2/c1-9-6-12(15-2)11(13)7-10(9)8-16-5-3-4-14/h6-7H,3-5,8,14H2,1-2H3. The Kier molecular flexibility index (Phi) is 5.60. The van der Waals surface area contributed by atoms with Gasteiger partial charge in [0.05, 0.1) is 18.7 Å². The van der Waals surface area contributed by atoms with Crippen LogP contribution in [0.25, 0.3) is 0 Å². The molecule has 0 bridgehead atoms. The van der Waals surface area contributed by atoms with Crippen molar-refractivity contribution in [2.45, 2.75) is 20.0 Å². The summed E-state index contributed by atoms with van der Waals surface area (Å²) in [6.45, 7) is 3.91. The minimum absolute atomic E-state index is 0.565. The minimum Gasteiger partial charge on any atom is -0.495 e. The van der Waals surface area contributed by atoms with Crippen LogP contribution in [0.4, 0.5) is 0 Å². The first-order chi connectivity index (χ1) is 7.69. The van der Waals surface area contributed by atoms with Gasteiger partial charge in [0.25, 0.3) is 0 Å². The highest BCUT2D eigenvalue weighted by Gasteiger charge is 2.06. The Labute approximate surface area is 101 Å². The van der Waals surface area contributed by atoms with Gasteiger partial charge in [-0.25, -0.2) is 0 Å². The summed E-state index contributed by atoms with van der Waals surface area (Å²) in [5.74, 6) is 0.699. The second-order valence-corrected chi connectivity index (χ2v) is 4.02. The van der Waals surface area contributed by atoms with E-state index in [1.165, 1.54) is 0 Å². The molecule has 0 fully saturated rings. The van der Waals surface area contributed by atoms with Crippen molar-refractivity contribution >= 4 is 11.6 Å². The summed E-state index contributed by atoms with van der Waals surface area (Å²) in [7, 11) is 1.61. The number of ether oxygens (including phenoxy) is 2. The maximum Gasteiger partial charge on any atom is 0.137 e. The lowest BCUT2D eigenvalue weighted by Crippen LogP contribution is -2.05. The van der Waals surface area contributed by atoms with E-state index in [1.54, 1.807) is 7.11 Å². The molecule has 90 valence electrons. The Morgan fingerprint density at radius 1 is 1.38 bits per heavy atom. The van der Waals surface area contributed by atoms with E-state index in [2.05, 4.69) is 0 Å². The molecule has 0 saturated heterocycles. The van der Waals surface area contributed by atoms with Crippen LogP contribution in [0, 0.1) is 6.92 Å². The van der Waals surface area contributed by atoms with Crippen molar-refractivity contribution in [1.29, 1.82) is 0 Å². The van der Waals surface area contributed by atoms with E-state index in [0.717, 1.165) is 17.5 Å². The molecule has 0 saturated carbocycles. The van der Waals surface area contributed by atoms with Gasteiger partial charge in [0.2, 0.25) is 0 Å². The molecular weight excluding hydrogens is 226 g/mol. The molecule has 16 heavy (non-hydrogen) atoms. The van der Waals surface area contributed by atoms with E-state index in [9.17, 15) is 0 Å². The van der Waals surface area contributed by atoms with Gasteiger partial charge in [-0.1, -0.05) is 11.6 Å². The van der Waals surface area contributed by atoms with Crippen LogP contribution in [0.15, 0.2) is 12.1 Å². The third-order valence-corrected chi connectivity index (χ3v) is 2.66. The molecule has 4 heteroatoms. The van der Waals surface area contributed by atoms with E-state index in [-0.39, 0.29) is 0 Å². The molecule has 2 N–H and O–H groups in total. The predicted molar refractivity (Wildman–Crippen MR) is 66.1 cm³/mol. The summed E-state index contributed by atoms with van der Waals surface area (Å²) in [5, 5.41) is 0.616. The molecular formula is C12H18ClNO2. The van der Waals surface area contributed by atoms with Crippen molar-refractivity contribution in [2.75, 3.05) is 20.3 Å². The number of methoxy groups -OCH3 is 1. The van der Waals surface area contributed by atoms with Gasteiger partial charge in [-0.2, -0.15) is 0 Å². The first-order valence-electron chi connectivity index (χ1n) is 5.30. The van der Waals surface area contributed by atoms with Crippen molar-refractivity contribution in [3.05, 3.63) is 28.3 Å². The highest BCUT2D eigenvalue weighted by atomic mass is 35.5. The quantitative estimate of drug-likeness (QED) is 0.781. The number of benzene rings is 1. The van der Waals surface area contributed by atoms with Crippen LogP contribution in [0.2, 0.25) is 5.02 Å². The Bertz CT molecular complexity index is 342. The third-order valence-electron chi connectivity index (χ3n) is 2.36. The number of nitrogens with two attached hydrogens (primary N) is 1. The zero-order valence-electron chi connectivity index (χ0n) is 9.75. The van der Waals surface area contributed by atoms with Crippen LogP contribution < -0.4 is 10.5 Å². The molecule has 0 aliphatic rings. The van der Waals surface area contributed by atoms with Gasteiger partial charge in [-0.05, 0) is 43.1 Å². The number of aryl methyl sites for hydroxylation is 1. The monoisotopic (exact) mass is 243 g/mol. The maximum atomic E-state index is 6.04. The Morgan fingerprint density at radius 3 is 2.75 bits per heavy atom. The molecule has 0 atom stereocenters. The van der Waals surface area contributed by atoms with Crippen molar-refractivity contribution in [1.82, 2.24) is 0 Å². The second kappa shape index (κ2) is 6.74. The van der Waals surface area contributed by atoms with Crippen molar-refractivity contribution in [3.8, 4) is 5.75 Å². The Balaban J connectivity index is 2.63. The fourth-order valence-electron chi connectivity index (χ4n) is 1.38. The molecule has 0 unspecified atom stereocenters. The van der Waals surface area contributed by atoms with E-state index < -0.39 is 0 Å². The summed E-state index contributed by atoms with van der Waals surface area (Å²) in [6.07, 6.45) is 0.878. The normalized spacial score (nSPS) is 10.5. The van der Waals surface area contributed by atoms with Crippen LogP contribution in [0.1, 0.15) is 17.5 Å². The van der Waals surface area contributed by atoms with Crippen LogP contribution in [-0.4, -0.2) is 20.3 Å². The molecule has 0 aliphatic heterocycles. The van der Waals surface area contributed by atoms with Crippen LogP contribution in [0.3, 0.4) is 0 Å². The molecule has 1 rings (SSSR count). The molecule has 0 radical (unpaired) electrons. The highest BCUT2D eigenvalue weighted by Crippen LogP contribution is 2.28. The van der Waals surface area contributed by atoms with Gasteiger partial charge in [0.15, 0.2) is 0 Å². The minimum atomic E-state index is 0.565. The van der Waals surface area contributed by atoms with Crippen molar-refractivity contribution < 1.29 is 9.47 Å². The van der Waals surface area contributed by atoms with Crippen LogP contribution in [-0.2, 0) is 11.3 Å². The molecule has 1 aromatic rings. The molecule has 3 nitrogen and oxygen atoms in total.